The minimum absolute atomic E-state index is 0.139. The summed E-state index contributed by atoms with van der Waals surface area (Å²) >= 11 is 0. The predicted molar refractivity (Wildman–Crippen MR) is 26.6 cm³/mol. The van der Waals surface area contributed by atoms with Crippen LogP contribution in [0.3, 0.4) is 0 Å². The fourth-order valence-electron chi connectivity index (χ4n) is 0.548. The molecule has 1 heterocycles. The van der Waals surface area contributed by atoms with Crippen molar-refractivity contribution >= 4 is 6.29 Å². The van der Waals surface area contributed by atoms with E-state index in [9.17, 15) is 4.79 Å². The summed E-state index contributed by atoms with van der Waals surface area (Å²) in [5.41, 5.74) is 0. The fourth-order valence-corrected chi connectivity index (χ4v) is 0.548. The van der Waals surface area contributed by atoms with E-state index < -0.39 is 0 Å². The van der Waals surface area contributed by atoms with E-state index >= 15 is 0 Å². The lowest BCUT2D eigenvalue weighted by molar-refractivity contribution is 0.542. The number of carbonyl (C=O) groups excluding carboxylic acids is 1. The van der Waals surface area contributed by atoms with Crippen molar-refractivity contribution < 1.29 is 4.79 Å². The Morgan fingerprint density at radius 1 is 1.86 bits per heavy atom. The van der Waals surface area contributed by atoms with Crippen LogP contribution in [0.2, 0.25) is 0 Å². The second-order valence-corrected chi connectivity index (χ2v) is 1.43. The van der Waals surface area contributed by atoms with Crippen molar-refractivity contribution in [3.63, 3.8) is 0 Å². The van der Waals surface area contributed by atoms with Crippen molar-refractivity contribution in [2.75, 3.05) is 6.54 Å². The maximum atomic E-state index is 9.77. The zero-order valence-corrected chi connectivity index (χ0v) is 3.85. The SMILES string of the molecule is O=[C]C1C=CCN1. The highest BCUT2D eigenvalue weighted by atomic mass is 16.1. The van der Waals surface area contributed by atoms with Gasteiger partial charge >= 0.3 is 0 Å². The van der Waals surface area contributed by atoms with Crippen LogP contribution in [0.25, 0.3) is 0 Å². The van der Waals surface area contributed by atoms with E-state index in [2.05, 4.69) is 5.32 Å². The summed E-state index contributed by atoms with van der Waals surface area (Å²) in [6, 6.07) is -0.139. The first kappa shape index (κ1) is 4.53. The summed E-state index contributed by atoms with van der Waals surface area (Å²) < 4.78 is 0. The third-order valence-electron chi connectivity index (χ3n) is 0.911. The lowest BCUT2D eigenvalue weighted by Crippen LogP contribution is -2.22. The molecule has 1 unspecified atom stereocenters. The monoisotopic (exact) mass is 96.0 g/mol. The summed E-state index contributed by atoms with van der Waals surface area (Å²) in [7, 11) is 0. The highest BCUT2D eigenvalue weighted by Crippen LogP contribution is 1.88. The molecule has 37 valence electrons. The Hall–Kier alpha value is -0.630. The Morgan fingerprint density at radius 2 is 2.71 bits per heavy atom. The lowest BCUT2D eigenvalue weighted by Gasteiger charge is -1.91. The highest BCUT2D eigenvalue weighted by molar-refractivity contribution is 5.62. The molecule has 0 bridgehead atoms. The van der Waals surface area contributed by atoms with Gasteiger partial charge in [0.05, 0.1) is 6.04 Å². The van der Waals surface area contributed by atoms with Crippen LogP contribution in [0.4, 0.5) is 0 Å². The maximum absolute atomic E-state index is 9.77. The van der Waals surface area contributed by atoms with Crippen LogP contribution in [0, 0.1) is 0 Å². The molecule has 1 aliphatic heterocycles. The Bertz CT molecular complexity index is 98.3. The molecule has 0 aromatic carbocycles. The van der Waals surface area contributed by atoms with Crippen LogP contribution in [0.1, 0.15) is 0 Å². The lowest BCUT2D eigenvalue weighted by atomic mass is 10.4. The van der Waals surface area contributed by atoms with E-state index in [1.165, 1.54) is 0 Å². The predicted octanol–water partition coefficient (Wildman–Crippen LogP) is -0.376. The molecule has 7 heavy (non-hydrogen) atoms. The van der Waals surface area contributed by atoms with Gasteiger partial charge in [0.15, 0.2) is 0 Å². The third kappa shape index (κ3) is 0.871. The molecular formula is C5H6NO. The minimum atomic E-state index is -0.139. The molecule has 1 N–H and O–H groups in total. The van der Waals surface area contributed by atoms with Gasteiger partial charge in [0.25, 0.3) is 0 Å². The Labute approximate surface area is 42.2 Å². The summed E-state index contributed by atoms with van der Waals surface area (Å²) in [6.07, 6.45) is 5.53. The normalized spacial score (nSPS) is 28.3. The van der Waals surface area contributed by atoms with E-state index in [1.54, 1.807) is 6.08 Å². The van der Waals surface area contributed by atoms with Gasteiger partial charge in [0.1, 0.15) is 0 Å². The number of rotatable bonds is 1. The topological polar surface area (TPSA) is 29.1 Å². The van der Waals surface area contributed by atoms with Gasteiger partial charge in [-0.3, -0.25) is 4.79 Å². The van der Waals surface area contributed by atoms with Gasteiger partial charge in [-0.2, -0.15) is 0 Å². The van der Waals surface area contributed by atoms with Gasteiger partial charge in [-0.15, -0.1) is 0 Å². The van der Waals surface area contributed by atoms with Crippen LogP contribution in [-0.2, 0) is 4.79 Å². The second-order valence-electron chi connectivity index (χ2n) is 1.43. The molecule has 2 heteroatoms. The molecular weight excluding hydrogens is 90.1 g/mol. The van der Waals surface area contributed by atoms with Gasteiger partial charge < -0.3 is 5.32 Å². The van der Waals surface area contributed by atoms with Gasteiger partial charge in [0, 0.05) is 6.54 Å². The van der Waals surface area contributed by atoms with Gasteiger partial charge in [-0.05, 0) is 0 Å². The standard InChI is InChI=1S/C5H6NO/c7-4-5-2-1-3-6-5/h1-2,5-6H,3H2. The molecule has 0 aromatic heterocycles. The first-order valence-corrected chi connectivity index (χ1v) is 2.21. The van der Waals surface area contributed by atoms with Crippen molar-refractivity contribution in [2.24, 2.45) is 0 Å². The van der Waals surface area contributed by atoms with Crippen molar-refractivity contribution in [3.8, 4) is 0 Å². The van der Waals surface area contributed by atoms with Crippen molar-refractivity contribution in [3.05, 3.63) is 12.2 Å². The van der Waals surface area contributed by atoms with Gasteiger partial charge in [0.2, 0.25) is 6.29 Å². The zero-order chi connectivity index (χ0) is 5.11. The van der Waals surface area contributed by atoms with Crippen molar-refractivity contribution in [2.45, 2.75) is 6.04 Å². The molecule has 0 amide bonds. The van der Waals surface area contributed by atoms with Gasteiger partial charge in [-0.1, -0.05) is 12.2 Å². The molecule has 0 saturated heterocycles. The summed E-state index contributed by atoms with van der Waals surface area (Å²) in [5, 5.41) is 2.87. The molecule has 1 radical (unpaired) electrons. The highest BCUT2D eigenvalue weighted by Gasteiger charge is 2.04. The molecule has 0 spiro atoms. The molecule has 1 atom stereocenters. The van der Waals surface area contributed by atoms with Crippen LogP contribution in [0.15, 0.2) is 12.2 Å². The molecule has 1 aliphatic rings. The number of nitrogens with one attached hydrogen (secondary N) is 1. The Morgan fingerprint density at radius 3 is 3.00 bits per heavy atom. The summed E-state index contributed by atoms with van der Waals surface area (Å²) in [6.45, 7) is 0.805. The summed E-state index contributed by atoms with van der Waals surface area (Å²) in [5.74, 6) is 0. The van der Waals surface area contributed by atoms with Crippen LogP contribution >= 0.6 is 0 Å². The van der Waals surface area contributed by atoms with Crippen molar-refractivity contribution in [1.82, 2.24) is 5.32 Å². The van der Waals surface area contributed by atoms with Crippen LogP contribution in [-0.4, -0.2) is 18.9 Å². The zero-order valence-electron chi connectivity index (χ0n) is 3.85. The van der Waals surface area contributed by atoms with E-state index in [0.29, 0.717) is 0 Å². The smallest absolute Gasteiger partial charge is 0.221 e. The van der Waals surface area contributed by atoms with E-state index in [-0.39, 0.29) is 6.04 Å². The number of hydrogen-bond donors (Lipinski definition) is 1. The molecule has 0 saturated carbocycles. The quantitative estimate of drug-likeness (QED) is 0.451. The third-order valence-corrected chi connectivity index (χ3v) is 0.911. The van der Waals surface area contributed by atoms with E-state index in [4.69, 9.17) is 0 Å². The first-order valence-electron chi connectivity index (χ1n) is 2.21. The van der Waals surface area contributed by atoms with Crippen LogP contribution in [0.5, 0.6) is 0 Å². The molecule has 0 fully saturated rings. The fraction of sp³-hybridized carbons (Fsp3) is 0.400. The van der Waals surface area contributed by atoms with Crippen LogP contribution < -0.4 is 5.32 Å². The van der Waals surface area contributed by atoms with E-state index in [1.807, 2.05) is 12.4 Å². The maximum Gasteiger partial charge on any atom is 0.221 e. The average Bonchev–Trinajstić information content (AvgIpc) is 2.14. The Balaban J connectivity index is 2.42. The minimum Gasteiger partial charge on any atom is -0.300 e. The average molecular weight is 96.1 g/mol. The molecule has 0 aromatic rings. The molecule has 2 nitrogen and oxygen atoms in total. The first-order chi connectivity index (χ1) is 3.43. The number of hydrogen-bond acceptors (Lipinski definition) is 2. The Kier molecular flexibility index (Phi) is 1.22. The molecule has 1 rings (SSSR count). The second kappa shape index (κ2) is 1.89. The molecule has 0 aliphatic carbocycles. The van der Waals surface area contributed by atoms with Crippen molar-refractivity contribution in [1.29, 1.82) is 0 Å². The summed E-state index contributed by atoms with van der Waals surface area (Å²) in [4.78, 5) is 9.77. The van der Waals surface area contributed by atoms with Gasteiger partial charge in [-0.25, -0.2) is 0 Å². The van der Waals surface area contributed by atoms with E-state index in [0.717, 1.165) is 6.54 Å². The largest absolute Gasteiger partial charge is 0.300 e.